The highest BCUT2D eigenvalue weighted by atomic mass is 35.5. The molecule has 0 bridgehead atoms. The molecule has 0 spiro atoms. The third kappa shape index (κ3) is 8.71. The molecule has 0 aliphatic rings. The van der Waals surface area contributed by atoms with Crippen LogP contribution in [0.15, 0.2) is 53.1 Å². The maximum Gasteiger partial charge on any atom is 0.340 e. The summed E-state index contributed by atoms with van der Waals surface area (Å²) in [7, 11) is 6.17. The van der Waals surface area contributed by atoms with Crippen molar-refractivity contribution in [3.8, 4) is 11.5 Å². The number of anilines is 2. The SMILES string of the molecule is CN(C)C=O.COc1cc(NC(=O)c2ccco2)c(C(=O)OCC(=O)Nc2ccc(Cl)c(Cl)c2)cc1OC. The van der Waals surface area contributed by atoms with Crippen LogP contribution >= 0.6 is 23.2 Å². The number of rotatable bonds is 9. The largest absolute Gasteiger partial charge is 0.493 e. The lowest BCUT2D eigenvalue weighted by Crippen LogP contribution is -2.22. The molecule has 0 radical (unpaired) electrons. The van der Waals surface area contributed by atoms with Crippen LogP contribution in [0.4, 0.5) is 11.4 Å². The summed E-state index contributed by atoms with van der Waals surface area (Å²) in [5.41, 5.74) is 0.391. The Morgan fingerprint density at radius 2 is 1.63 bits per heavy atom. The van der Waals surface area contributed by atoms with Crippen molar-refractivity contribution in [1.82, 2.24) is 4.90 Å². The van der Waals surface area contributed by atoms with E-state index >= 15 is 0 Å². The lowest BCUT2D eigenvalue weighted by Gasteiger charge is -2.15. The van der Waals surface area contributed by atoms with Gasteiger partial charge in [-0.2, -0.15) is 0 Å². The standard InChI is InChI=1S/C22H18Cl2N2O7.C3H7NO/c1-30-18-9-13(16(10-19(18)31-2)26-21(28)17-4-3-7-32-17)22(29)33-11-20(27)25-12-5-6-14(23)15(24)8-12;1-4(2)3-5/h3-10H,11H2,1-2H3,(H,25,27)(H,26,28);3H,1-2H3. The van der Waals surface area contributed by atoms with Gasteiger partial charge in [-0.15, -0.1) is 0 Å². The molecule has 0 saturated carbocycles. The van der Waals surface area contributed by atoms with Crippen molar-refractivity contribution in [2.45, 2.75) is 0 Å². The molecule has 0 unspecified atom stereocenters. The van der Waals surface area contributed by atoms with E-state index in [1.807, 2.05) is 0 Å². The molecule has 2 aromatic carbocycles. The molecule has 3 aromatic rings. The van der Waals surface area contributed by atoms with E-state index in [-0.39, 0.29) is 33.5 Å². The second kappa shape index (κ2) is 14.5. The first-order chi connectivity index (χ1) is 18.1. The van der Waals surface area contributed by atoms with E-state index in [4.69, 9.17) is 41.8 Å². The number of benzene rings is 2. The highest BCUT2D eigenvalue weighted by Gasteiger charge is 2.22. The second-order valence-corrected chi connectivity index (χ2v) is 8.32. The van der Waals surface area contributed by atoms with Gasteiger partial charge < -0.3 is 34.2 Å². The smallest absolute Gasteiger partial charge is 0.340 e. The Hall–Kier alpha value is -4.22. The number of nitrogens with one attached hydrogen (secondary N) is 2. The number of carbonyl (C=O) groups excluding carboxylic acids is 4. The minimum Gasteiger partial charge on any atom is -0.493 e. The minimum atomic E-state index is -0.880. The normalized spacial score (nSPS) is 9.84. The Kier molecular flexibility index (Phi) is 11.5. The lowest BCUT2D eigenvalue weighted by atomic mass is 10.1. The Labute approximate surface area is 228 Å². The molecule has 0 saturated heterocycles. The van der Waals surface area contributed by atoms with Crippen molar-refractivity contribution in [3.05, 3.63) is 70.1 Å². The van der Waals surface area contributed by atoms with Crippen LogP contribution in [-0.4, -0.2) is 64.0 Å². The van der Waals surface area contributed by atoms with Crippen molar-refractivity contribution in [1.29, 1.82) is 0 Å². The first-order valence-electron chi connectivity index (χ1n) is 10.7. The Bertz CT molecular complexity index is 1280. The van der Waals surface area contributed by atoms with Crippen LogP contribution in [0.2, 0.25) is 10.0 Å². The summed E-state index contributed by atoms with van der Waals surface area (Å²) in [6, 6.07) is 10.3. The molecule has 3 rings (SSSR count). The van der Waals surface area contributed by atoms with Gasteiger partial charge >= 0.3 is 5.97 Å². The summed E-state index contributed by atoms with van der Waals surface area (Å²) < 4.78 is 20.6. The molecule has 0 aliphatic heterocycles. The molecule has 3 amide bonds. The summed E-state index contributed by atoms with van der Waals surface area (Å²) >= 11 is 11.8. The number of carbonyl (C=O) groups is 4. The van der Waals surface area contributed by atoms with Gasteiger partial charge in [0.05, 0.1) is 41.8 Å². The van der Waals surface area contributed by atoms with Crippen LogP contribution in [0, 0.1) is 0 Å². The van der Waals surface area contributed by atoms with Gasteiger partial charge in [-0.25, -0.2) is 4.79 Å². The Balaban J connectivity index is 0.000000926. The molecule has 202 valence electrons. The van der Waals surface area contributed by atoms with Gasteiger partial charge in [0.1, 0.15) is 0 Å². The number of ether oxygens (including phenoxy) is 3. The number of hydrogen-bond acceptors (Lipinski definition) is 8. The zero-order valence-corrected chi connectivity index (χ0v) is 22.4. The van der Waals surface area contributed by atoms with Gasteiger partial charge in [0.25, 0.3) is 11.8 Å². The number of amides is 3. The van der Waals surface area contributed by atoms with Crippen molar-refractivity contribution in [3.63, 3.8) is 0 Å². The summed E-state index contributed by atoms with van der Waals surface area (Å²) in [5.74, 6) is -1.57. The van der Waals surface area contributed by atoms with E-state index in [2.05, 4.69) is 10.6 Å². The van der Waals surface area contributed by atoms with Gasteiger partial charge in [0.15, 0.2) is 23.9 Å². The van der Waals surface area contributed by atoms with E-state index < -0.39 is 24.4 Å². The highest BCUT2D eigenvalue weighted by molar-refractivity contribution is 6.42. The fourth-order valence-corrected chi connectivity index (χ4v) is 3.02. The van der Waals surface area contributed by atoms with Crippen molar-refractivity contribution >= 4 is 58.8 Å². The number of nitrogens with zero attached hydrogens (tertiary/aromatic N) is 1. The summed E-state index contributed by atoms with van der Waals surface area (Å²) in [6.07, 6.45) is 2.09. The first kappa shape index (κ1) is 30.0. The van der Waals surface area contributed by atoms with Crippen molar-refractivity contribution < 1.29 is 37.8 Å². The van der Waals surface area contributed by atoms with E-state index in [9.17, 15) is 19.2 Å². The molecule has 2 N–H and O–H groups in total. The van der Waals surface area contributed by atoms with E-state index in [0.29, 0.717) is 10.7 Å². The van der Waals surface area contributed by atoms with Crippen molar-refractivity contribution in [2.75, 3.05) is 45.6 Å². The van der Waals surface area contributed by atoms with Crippen LogP contribution in [-0.2, 0) is 14.3 Å². The van der Waals surface area contributed by atoms with Crippen molar-refractivity contribution in [2.24, 2.45) is 0 Å². The molecule has 13 heteroatoms. The quantitative estimate of drug-likeness (QED) is 0.288. The van der Waals surface area contributed by atoms with Gasteiger partial charge in [-0.1, -0.05) is 23.2 Å². The predicted octanol–water partition coefficient (Wildman–Crippen LogP) is 4.36. The van der Waals surface area contributed by atoms with Crippen LogP contribution < -0.4 is 20.1 Å². The Morgan fingerprint density at radius 3 is 2.18 bits per heavy atom. The third-order valence-corrected chi connectivity index (χ3v) is 5.22. The average Bonchev–Trinajstić information content (AvgIpc) is 3.45. The molecule has 0 fully saturated rings. The number of esters is 1. The minimum absolute atomic E-state index is 0.0325. The molecular weight excluding hydrogens is 541 g/mol. The van der Waals surface area contributed by atoms with Crippen LogP contribution in [0.1, 0.15) is 20.9 Å². The van der Waals surface area contributed by atoms with Crippen LogP contribution in [0.3, 0.4) is 0 Å². The third-order valence-electron chi connectivity index (χ3n) is 4.49. The molecule has 1 heterocycles. The number of methoxy groups -OCH3 is 2. The fourth-order valence-electron chi connectivity index (χ4n) is 2.72. The predicted molar refractivity (Wildman–Crippen MR) is 141 cm³/mol. The summed E-state index contributed by atoms with van der Waals surface area (Å²) in [5, 5.41) is 5.69. The summed E-state index contributed by atoms with van der Waals surface area (Å²) in [6.45, 7) is -0.598. The molecule has 0 aliphatic carbocycles. The van der Waals surface area contributed by atoms with E-state index in [1.165, 1.54) is 55.7 Å². The number of halogens is 2. The maximum absolute atomic E-state index is 12.7. The van der Waals surface area contributed by atoms with Gasteiger partial charge in [0.2, 0.25) is 6.41 Å². The van der Waals surface area contributed by atoms with Gasteiger partial charge in [-0.05, 0) is 30.3 Å². The van der Waals surface area contributed by atoms with Crippen LogP contribution in [0.25, 0.3) is 0 Å². The molecule has 38 heavy (non-hydrogen) atoms. The maximum atomic E-state index is 12.7. The van der Waals surface area contributed by atoms with Gasteiger partial charge in [0, 0.05) is 31.9 Å². The molecule has 1 aromatic heterocycles. The molecule has 11 nitrogen and oxygen atoms in total. The van der Waals surface area contributed by atoms with E-state index in [1.54, 1.807) is 26.2 Å². The Morgan fingerprint density at radius 1 is 0.974 bits per heavy atom. The topological polar surface area (TPSA) is 136 Å². The fraction of sp³-hybridized carbons (Fsp3) is 0.200. The first-order valence-corrected chi connectivity index (χ1v) is 11.5. The number of hydrogen-bond donors (Lipinski definition) is 2. The number of furan rings is 1. The monoisotopic (exact) mass is 565 g/mol. The summed E-state index contributed by atoms with van der Waals surface area (Å²) in [4.78, 5) is 48.2. The highest BCUT2D eigenvalue weighted by Crippen LogP contribution is 2.34. The van der Waals surface area contributed by atoms with Crippen LogP contribution in [0.5, 0.6) is 11.5 Å². The zero-order chi connectivity index (χ0) is 28.2. The molecule has 0 atom stereocenters. The average molecular weight is 566 g/mol. The molecular formula is C25H25Cl2N3O8. The lowest BCUT2D eigenvalue weighted by molar-refractivity contribution is -0.119. The van der Waals surface area contributed by atoms with Gasteiger partial charge in [-0.3, -0.25) is 14.4 Å². The zero-order valence-electron chi connectivity index (χ0n) is 20.9. The van der Waals surface area contributed by atoms with E-state index in [0.717, 1.165) is 6.41 Å². The second-order valence-electron chi connectivity index (χ2n) is 7.51.